The van der Waals surface area contributed by atoms with Crippen LogP contribution in [0.5, 0.6) is 11.8 Å². The number of amidine groups is 1. The zero-order chi connectivity index (χ0) is 22.9. The van der Waals surface area contributed by atoms with Gasteiger partial charge in [0.05, 0.1) is 12.6 Å². The lowest BCUT2D eigenvalue weighted by Gasteiger charge is -2.18. The number of aromatic nitrogens is 2. The molecule has 1 fully saturated rings. The third kappa shape index (κ3) is 4.52. The van der Waals surface area contributed by atoms with Gasteiger partial charge in [-0.05, 0) is 50.0 Å². The Balaban J connectivity index is 1.46. The third-order valence-corrected chi connectivity index (χ3v) is 5.87. The molecule has 1 aliphatic carbocycles. The number of benzene rings is 1. The number of rotatable bonds is 5. The highest BCUT2D eigenvalue weighted by Gasteiger charge is 2.24. The highest BCUT2D eigenvalue weighted by atomic mass is 19.1. The van der Waals surface area contributed by atoms with Crippen molar-refractivity contribution in [1.82, 2.24) is 9.97 Å². The Labute approximate surface area is 192 Å². The van der Waals surface area contributed by atoms with Gasteiger partial charge in [0.1, 0.15) is 17.5 Å². The van der Waals surface area contributed by atoms with Crippen molar-refractivity contribution in [2.24, 2.45) is 4.99 Å². The molecule has 0 radical (unpaired) electrons. The number of ether oxygens (including phenoxy) is 1. The molecule has 1 unspecified atom stereocenters. The maximum absolute atomic E-state index is 15.1. The topological polar surface area (TPSA) is 82.9 Å². The Morgan fingerprint density at radius 1 is 1.27 bits per heavy atom. The Kier molecular flexibility index (Phi) is 5.68. The van der Waals surface area contributed by atoms with Gasteiger partial charge in [-0.3, -0.25) is 4.99 Å². The number of nitrogens with one attached hydrogen (secondary N) is 1. The largest absolute Gasteiger partial charge is 0.421 e. The van der Waals surface area contributed by atoms with E-state index in [4.69, 9.17) is 4.74 Å². The third-order valence-electron chi connectivity index (χ3n) is 5.87. The molecule has 0 saturated carbocycles. The first kappa shape index (κ1) is 21.3. The minimum atomic E-state index is -0.413. The number of hydrogen-bond acceptors (Lipinski definition) is 7. The number of fused-ring (bicyclic) bond motifs is 1. The number of nitrogens with zero attached hydrogens (tertiary/aromatic N) is 4. The van der Waals surface area contributed by atoms with Crippen LogP contribution in [0.2, 0.25) is 0 Å². The van der Waals surface area contributed by atoms with Crippen LogP contribution in [-0.4, -0.2) is 46.6 Å². The lowest BCUT2D eigenvalue weighted by molar-refractivity contribution is 0.198. The van der Waals surface area contributed by atoms with Crippen LogP contribution < -0.4 is 15.0 Å². The first-order valence-electron chi connectivity index (χ1n) is 11.1. The van der Waals surface area contributed by atoms with Gasteiger partial charge in [0.25, 0.3) is 0 Å². The van der Waals surface area contributed by atoms with Gasteiger partial charge in [0.2, 0.25) is 0 Å². The van der Waals surface area contributed by atoms with Crippen molar-refractivity contribution >= 4 is 23.5 Å². The van der Waals surface area contributed by atoms with Crippen LogP contribution in [0.15, 0.2) is 52.6 Å². The number of aliphatic imine (C=N–C) groups is 1. The summed E-state index contributed by atoms with van der Waals surface area (Å²) in [6, 6.07) is 5.32. The summed E-state index contributed by atoms with van der Waals surface area (Å²) in [7, 11) is 0. The summed E-state index contributed by atoms with van der Waals surface area (Å²) in [5, 5.41) is 13.2. The van der Waals surface area contributed by atoms with Crippen molar-refractivity contribution < 1.29 is 14.2 Å². The molecule has 5 rings (SSSR count). The van der Waals surface area contributed by atoms with Crippen LogP contribution in [0.3, 0.4) is 0 Å². The van der Waals surface area contributed by atoms with Crippen molar-refractivity contribution in [3.8, 4) is 11.8 Å². The maximum atomic E-state index is 15.1. The first-order valence-corrected chi connectivity index (χ1v) is 11.1. The van der Waals surface area contributed by atoms with E-state index in [1.165, 1.54) is 0 Å². The van der Waals surface area contributed by atoms with Crippen molar-refractivity contribution in [3.05, 3.63) is 64.5 Å². The number of β-amino-alcohol motifs (C(OH)–C–C–N with tert-alkyl or cyclic N) is 1. The van der Waals surface area contributed by atoms with Gasteiger partial charge < -0.3 is 20.1 Å². The average Bonchev–Trinajstić information content (AvgIpc) is 3.50. The number of hydrogen-bond donors (Lipinski definition) is 2. The zero-order valence-electron chi connectivity index (χ0n) is 18.7. The lowest BCUT2D eigenvalue weighted by atomic mass is 10.1. The van der Waals surface area contributed by atoms with Crippen molar-refractivity contribution in [3.63, 3.8) is 0 Å². The van der Waals surface area contributed by atoms with Gasteiger partial charge in [-0.2, -0.15) is 9.97 Å². The number of aliphatic hydroxyl groups is 1. The van der Waals surface area contributed by atoms with Gasteiger partial charge in [0, 0.05) is 24.7 Å². The Hall–Kier alpha value is -3.52. The Morgan fingerprint density at radius 2 is 2.15 bits per heavy atom. The van der Waals surface area contributed by atoms with Gasteiger partial charge in [0.15, 0.2) is 11.6 Å². The molecule has 170 valence electrons. The molecule has 2 aromatic rings. The van der Waals surface area contributed by atoms with Gasteiger partial charge >= 0.3 is 6.01 Å². The number of allylic oxidation sites excluding steroid dienone is 2. The van der Waals surface area contributed by atoms with E-state index in [2.05, 4.69) is 20.3 Å². The molecule has 3 aliphatic rings. The molecular formula is C25H26FN5O2. The molecule has 1 atom stereocenters. The molecule has 7 nitrogen and oxygen atoms in total. The second kappa shape index (κ2) is 8.78. The molecule has 1 saturated heterocycles. The summed E-state index contributed by atoms with van der Waals surface area (Å²) in [5.74, 6) is 1.45. The summed E-state index contributed by atoms with van der Waals surface area (Å²) >= 11 is 0. The maximum Gasteiger partial charge on any atom is 0.326 e. The van der Waals surface area contributed by atoms with Crippen LogP contribution >= 0.6 is 0 Å². The normalized spacial score (nSPS) is 19.6. The summed E-state index contributed by atoms with van der Waals surface area (Å²) < 4.78 is 21.0. The molecule has 8 heteroatoms. The number of halogens is 1. The Bertz CT molecular complexity index is 1220. The summed E-state index contributed by atoms with van der Waals surface area (Å²) in [4.78, 5) is 15.4. The lowest BCUT2D eigenvalue weighted by Crippen LogP contribution is -2.23. The molecule has 0 amide bonds. The highest BCUT2D eigenvalue weighted by molar-refractivity contribution is 6.05. The molecule has 1 aromatic carbocycles. The van der Waals surface area contributed by atoms with E-state index in [-0.39, 0.29) is 11.8 Å². The SMILES string of the molecule is C/C=C/C1=CC(Nc2cc(N3CCC(O)C3)nc(Oc3ccc4c(c3F)C=C(C)C4)n2)=NC1. The fraction of sp³-hybridized carbons (Fsp3) is 0.320. The molecule has 2 N–H and O–H groups in total. The molecule has 33 heavy (non-hydrogen) atoms. The van der Waals surface area contributed by atoms with Crippen molar-refractivity contribution in [2.45, 2.75) is 32.8 Å². The molecule has 0 spiro atoms. The summed E-state index contributed by atoms with van der Waals surface area (Å²) in [5.41, 5.74) is 3.71. The number of aliphatic hydroxyl groups excluding tert-OH is 1. The van der Waals surface area contributed by atoms with Crippen LogP contribution in [-0.2, 0) is 6.42 Å². The highest BCUT2D eigenvalue weighted by Crippen LogP contribution is 2.34. The van der Waals surface area contributed by atoms with Gasteiger partial charge in [-0.1, -0.05) is 29.9 Å². The predicted molar refractivity (Wildman–Crippen MR) is 128 cm³/mol. The fourth-order valence-corrected chi connectivity index (χ4v) is 4.30. The fourth-order valence-electron chi connectivity index (χ4n) is 4.30. The summed E-state index contributed by atoms with van der Waals surface area (Å²) in [6.45, 7) is 5.68. The minimum absolute atomic E-state index is 0.0326. The van der Waals surface area contributed by atoms with Gasteiger partial charge in [-0.25, -0.2) is 4.39 Å². The average molecular weight is 448 g/mol. The van der Waals surface area contributed by atoms with E-state index in [0.29, 0.717) is 49.1 Å². The number of anilines is 2. The molecule has 1 aromatic heterocycles. The van der Waals surface area contributed by atoms with Gasteiger partial charge in [-0.15, -0.1) is 0 Å². The van der Waals surface area contributed by atoms with E-state index < -0.39 is 11.9 Å². The van der Waals surface area contributed by atoms with E-state index in [1.54, 1.807) is 12.1 Å². The summed E-state index contributed by atoms with van der Waals surface area (Å²) in [6.07, 6.45) is 8.79. The van der Waals surface area contributed by atoms with Crippen LogP contribution in [0.4, 0.5) is 16.0 Å². The minimum Gasteiger partial charge on any atom is -0.421 e. The smallest absolute Gasteiger partial charge is 0.326 e. The second-order valence-electron chi connectivity index (χ2n) is 8.55. The standard InChI is InChI=1S/C25H26FN5O2/c1-3-4-16-11-21(27-13-16)28-22-12-23(31-8-7-18(32)14-31)30-25(29-22)33-20-6-5-17-9-15(2)10-19(17)24(20)26/h3-6,10-12,18,32H,7-9,13-14H2,1-2H3,(H,27,28,29,30)/b4-3+. The first-order chi connectivity index (χ1) is 16.0. The predicted octanol–water partition coefficient (Wildman–Crippen LogP) is 4.26. The zero-order valence-corrected chi connectivity index (χ0v) is 18.7. The van der Waals surface area contributed by atoms with Crippen molar-refractivity contribution in [2.75, 3.05) is 29.9 Å². The molecule has 3 heterocycles. The quantitative estimate of drug-likeness (QED) is 0.713. The van der Waals surface area contributed by atoms with E-state index in [0.717, 1.165) is 23.1 Å². The molecule has 2 aliphatic heterocycles. The second-order valence-corrected chi connectivity index (χ2v) is 8.55. The van der Waals surface area contributed by atoms with Crippen LogP contribution in [0.25, 0.3) is 6.08 Å². The van der Waals surface area contributed by atoms with Crippen LogP contribution in [0, 0.1) is 5.82 Å². The molecular weight excluding hydrogens is 421 g/mol. The monoisotopic (exact) mass is 447 g/mol. The van der Waals surface area contributed by atoms with E-state index in [9.17, 15) is 5.11 Å². The van der Waals surface area contributed by atoms with E-state index in [1.807, 2.05) is 49.1 Å². The molecule has 0 bridgehead atoms. The van der Waals surface area contributed by atoms with Crippen molar-refractivity contribution in [1.29, 1.82) is 0 Å². The van der Waals surface area contributed by atoms with E-state index >= 15 is 4.39 Å². The Morgan fingerprint density at radius 3 is 2.94 bits per heavy atom. The van der Waals surface area contributed by atoms with Crippen LogP contribution in [0.1, 0.15) is 31.4 Å².